The van der Waals surface area contributed by atoms with Crippen LogP contribution in [0.25, 0.3) is 0 Å². The number of rotatable bonds is 7. The third-order valence-corrected chi connectivity index (χ3v) is 3.08. The van der Waals surface area contributed by atoms with Gasteiger partial charge in [-0.3, -0.25) is 14.4 Å². The summed E-state index contributed by atoms with van der Waals surface area (Å²) in [6, 6.07) is 3.67. The highest BCUT2D eigenvalue weighted by Gasteiger charge is 2.18. The summed E-state index contributed by atoms with van der Waals surface area (Å²) < 4.78 is 13.4. The standard InChI is InChI=1S/C15H18FNO4/c1-3-11(7-12(18)8-14(19)20)17-15(21)10-5-4-9(2)13(16)6-10/h4-6,11H,3,7-8H2,1-2H3,(H,17,21)(H,19,20). The van der Waals surface area contributed by atoms with Crippen LogP contribution in [0.4, 0.5) is 4.39 Å². The first kappa shape index (κ1) is 16.8. The molecule has 0 heterocycles. The van der Waals surface area contributed by atoms with E-state index in [9.17, 15) is 18.8 Å². The third kappa shape index (κ3) is 5.33. The topological polar surface area (TPSA) is 83.5 Å². The van der Waals surface area contributed by atoms with E-state index in [1.165, 1.54) is 12.1 Å². The van der Waals surface area contributed by atoms with Crippen LogP contribution in [0.2, 0.25) is 0 Å². The molecule has 1 aromatic carbocycles. The maximum atomic E-state index is 13.4. The molecule has 1 amide bonds. The van der Waals surface area contributed by atoms with Gasteiger partial charge in [0.25, 0.3) is 5.91 Å². The van der Waals surface area contributed by atoms with Crippen molar-refractivity contribution < 1.29 is 23.9 Å². The lowest BCUT2D eigenvalue weighted by atomic mass is 10.0. The van der Waals surface area contributed by atoms with E-state index in [-0.39, 0.29) is 12.0 Å². The van der Waals surface area contributed by atoms with Crippen molar-refractivity contribution in [1.82, 2.24) is 5.32 Å². The largest absolute Gasteiger partial charge is 0.481 e. The zero-order valence-corrected chi connectivity index (χ0v) is 12.0. The fourth-order valence-corrected chi connectivity index (χ4v) is 1.82. The van der Waals surface area contributed by atoms with Gasteiger partial charge in [0.1, 0.15) is 18.0 Å². The van der Waals surface area contributed by atoms with Gasteiger partial charge in [-0.2, -0.15) is 0 Å². The van der Waals surface area contributed by atoms with Crippen LogP contribution < -0.4 is 5.32 Å². The Hall–Kier alpha value is -2.24. The Bertz CT molecular complexity index is 557. The van der Waals surface area contributed by atoms with Gasteiger partial charge in [0.05, 0.1) is 0 Å². The molecule has 0 bridgehead atoms. The highest BCUT2D eigenvalue weighted by Crippen LogP contribution is 2.10. The molecule has 21 heavy (non-hydrogen) atoms. The molecule has 0 aromatic heterocycles. The van der Waals surface area contributed by atoms with Crippen LogP contribution in [0.15, 0.2) is 18.2 Å². The third-order valence-electron chi connectivity index (χ3n) is 3.08. The molecule has 1 unspecified atom stereocenters. The number of aliphatic carboxylic acids is 1. The maximum absolute atomic E-state index is 13.4. The molecule has 2 N–H and O–H groups in total. The number of carboxylic acid groups (broad SMARTS) is 1. The number of carbonyl (C=O) groups is 3. The van der Waals surface area contributed by atoms with Crippen LogP contribution in [0, 0.1) is 12.7 Å². The summed E-state index contributed by atoms with van der Waals surface area (Å²) in [6.07, 6.45) is -0.139. The van der Waals surface area contributed by atoms with Crippen molar-refractivity contribution in [3.63, 3.8) is 0 Å². The molecule has 0 fully saturated rings. The van der Waals surface area contributed by atoms with Crippen LogP contribution in [-0.4, -0.2) is 28.8 Å². The predicted octanol–water partition coefficient (Wildman–Crippen LogP) is 2.08. The van der Waals surface area contributed by atoms with Crippen molar-refractivity contribution >= 4 is 17.7 Å². The van der Waals surface area contributed by atoms with E-state index in [2.05, 4.69) is 5.32 Å². The van der Waals surface area contributed by atoms with Gasteiger partial charge in [0.2, 0.25) is 0 Å². The molecule has 1 atom stereocenters. The van der Waals surface area contributed by atoms with Crippen molar-refractivity contribution in [2.24, 2.45) is 0 Å². The number of hydrogen-bond acceptors (Lipinski definition) is 3. The number of hydrogen-bond donors (Lipinski definition) is 2. The summed E-state index contributed by atoms with van der Waals surface area (Å²) in [5.41, 5.74) is 0.609. The molecule has 0 radical (unpaired) electrons. The Kier molecular flexibility index (Phi) is 6.02. The first-order valence-corrected chi connectivity index (χ1v) is 6.64. The van der Waals surface area contributed by atoms with Crippen LogP contribution in [0.5, 0.6) is 0 Å². The second kappa shape index (κ2) is 7.52. The second-order valence-corrected chi connectivity index (χ2v) is 4.86. The van der Waals surface area contributed by atoms with Crippen LogP contribution in [0.3, 0.4) is 0 Å². The molecule has 0 saturated carbocycles. The van der Waals surface area contributed by atoms with Gasteiger partial charge in [-0.05, 0) is 31.0 Å². The molecule has 0 saturated heterocycles. The number of benzene rings is 1. The highest BCUT2D eigenvalue weighted by molar-refractivity contribution is 5.96. The number of aryl methyl sites for hydroxylation is 1. The van der Waals surface area contributed by atoms with Crippen molar-refractivity contribution in [3.05, 3.63) is 35.1 Å². The van der Waals surface area contributed by atoms with Crippen molar-refractivity contribution in [2.75, 3.05) is 0 Å². The number of ketones is 1. The lowest BCUT2D eigenvalue weighted by Crippen LogP contribution is -2.36. The molecule has 0 aliphatic rings. The number of carbonyl (C=O) groups excluding carboxylic acids is 2. The molecule has 6 heteroatoms. The van der Waals surface area contributed by atoms with Crippen LogP contribution in [-0.2, 0) is 9.59 Å². The number of nitrogens with one attached hydrogen (secondary N) is 1. The lowest BCUT2D eigenvalue weighted by molar-refractivity contribution is -0.140. The van der Waals surface area contributed by atoms with Gasteiger partial charge < -0.3 is 10.4 Å². The Morgan fingerprint density at radius 2 is 2.00 bits per heavy atom. The van der Waals surface area contributed by atoms with Crippen LogP contribution in [0.1, 0.15) is 42.1 Å². The summed E-state index contributed by atoms with van der Waals surface area (Å²) in [6.45, 7) is 3.37. The average molecular weight is 295 g/mol. The van der Waals surface area contributed by atoms with Gasteiger partial charge in [0.15, 0.2) is 0 Å². The number of carboxylic acids is 1. The second-order valence-electron chi connectivity index (χ2n) is 4.86. The first-order chi connectivity index (χ1) is 9.83. The lowest BCUT2D eigenvalue weighted by Gasteiger charge is -2.16. The fourth-order valence-electron chi connectivity index (χ4n) is 1.82. The number of Topliss-reactive ketones (excluding diaryl/α,β-unsaturated/α-hetero) is 1. The summed E-state index contributed by atoms with van der Waals surface area (Å²) in [4.78, 5) is 33.9. The molecule has 0 aliphatic heterocycles. The molecular formula is C15H18FNO4. The Morgan fingerprint density at radius 3 is 2.52 bits per heavy atom. The van der Waals surface area contributed by atoms with E-state index in [1.807, 2.05) is 0 Å². The van der Waals surface area contributed by atoms with E-state index in [4.69, 9.17) is 5.11 Å². The number of halogens is 1. The van der Waals surface area contributed by atoms with Gasteiger partial charge >= 0.3 is 5.97 Å². The van der Waals surface area contributed by atoms with E-state index in [0.717, 1.165) is 6.07 Å². The quantitative estimate of drug-likeness (QED) is 0.754. The minimum Gasteiger partial charge on any atom is -0.481 e. The Balaban J connectivity index is 2.67. The Morgan fingerprint density at radius 1 is 1.33 bits per heavy atom. The summed E-state index contributed by atoms with van der Waals surface area (Å²) >= 11 is 0. The van der Waals surface area contributed by atoms with E-state index < -0.39 is 35.9 Å². The first-order valence-electron chi connectivity index (χ1n) is 6.64. The van der Waals surface area contributed by atoms with E-state index in [0.29, 0.717) is 12.0 Å². The van der Waals surface area contributed by atoms with Crippen molar-refractivity contribution in [2.45, 2.75) is 39.2 Å². The zero-order valence-electron chi connectivity index (χ0n) is 12.0. The number of amides is 1. The van der Waals surface area contributed by atoms with Gasteiger partial charge in [0, 0.05) is 18.0 Å². The molecule has 1 aromatic rings. The van der Waals surface area contributed by atoms with Gasteiger partial charge in [-0.1, -0.05) is 13.0 Å². The molecule has 1 rings (SSSR count). The normalized spacial score (nSPS) is 11.8. The van der Waals surface area contributed by atoms with E-state index in [1.54, 1.807) is 13.8 Å². The molecule has 5 nitrogen and oxygen atoms in total. The van der Waals surface area contributed by atoms with Crippen molar-refractivity contribution in [1.29, 1.82) is 0 Å². The fraction of sp³-hybridized carbons (Fsp3) is 0.400. The molecule has 0 spiro atoms. The smallest absolute Gasteiger partial charge is 0.310 e. The van der Waals surface area contributed by atoms with Crippen LogP contribution >= 0.6 is 0 Å². The predicted molar refractivity (Wildman–Crippen MR) is 74.6 cm³/mol. The van der Waals surface area contributed by atoms with Gasteiger partial charge in [-0.15, -0.1) is 0 Å². The van der Waals surface area contributed by atoms with Gasteiger partial charge in [-0.25, -0.2) is 4.39 Å². The monoisotopic (exact) mass is 295 g/mol. The highest BCUT2D eigenvalue weighted by atomic mass is 19.1. The molecule has 0 aliphatic carbocycles. The average Bonchev–Trinajstić information content (AvgIpc) is 2.39. The van der Waals surface area contributed by atoms with Crippen molar-refractivity contribution in [3.8, 4) is 0 Å². The zero-order chi connectivity index (χ0) is 16.0. The molecular weight excluding hydrogens is 277 g/mol. The summed E-state index contributed by atoms with van der Waals surface area (Å²) in [7, 11) is 0. The maximum Gasteiger partial charge on any atom is 0.310 e. The SMILES string of the molecule is CCC(CC(=O)CC(=O)O)NC(=O)c1ccc(C)c(F)c1. The summed E-state index contributed by atoms with van der Waals surface area (Å²) in [5, 5.41) is 11.2. The molecule has 114 valence electrons. The summed E-state index contributed by atoms with van der Waals surface area (Å²) in [5.74, 6) is -2.60. The minimum atomic E-state index is -1.19. The minimum absolute atomic E-state index is 0.0527. The van der Waals surface area contributed by atoms with E-state index >= 15 is 0 Å². The Labute approximate surface area is 122 Å².